The third kappa shape index (κ3) is 2.28. The zero-order valence-corrected chi connectivity index (χ0v) is 12.9. The highest BCUT2D eigenvalue weighted by atomic mass is 19.1. The molecule has 5 heteroatoms. The minimum absolute atomic E-state index is 0.000823. The molecule has 3 nitrogen and oxygen atoms in total. The lowest BCUT2D eigenvalue weighted by atomic mass is 9.68. The number of likely N-dealkylation sites (tertiary alicyclic amines) is 1. The van der Waals surface area contributed by atoms with E-state index in [1.807, 2.05) is 0 Å². The monoisotopic (exact) mass is 321 g/mol. The van der Waals surface area contributed by atoms with Gasteiger partial charge < -0.3 is 10.0 Å². The summed E-state index contributed by atoms with van der Waals surface area (Å²) in [6.07, 6.45) is 1.49. The number of carbonyl (C=O) groups is 1. The predicted molar refractivity (Wildman–Crippen MR) is 80.7 cm³/mol. The molecule has 1 aliphatic heterocycles. The molecule has 1 aromatic rings. The van der Waals surface area contributed by atoms with Crippen molar-refractivity contribution in [3.05, 3.63) is 35.6 Å². The summed E-state index contributed by atoms with van der Waals surface area (Å²) >= 11 is 0. The molecule has 0 radical (unpaired) electrons. The highest BCUT2D eigenvalue weighted by Crippen LogP contribution is 2.63. The summed E-state index contributed by atoms with van der Waals surface area (Å²) in [6.45, 7) is 0.217. The summed E-state index contributed by atoms with van der Waals surface area (Å²) in [4.78, 5) is 14.7. The van der Waals surface area contributed by atoms with Crippen LogP contribution in [0.5, 0.6) is 0 Å². The Bertz CT molecular complexity index is 629. The van der Waals surface area contributed by atoms with E-state index in [1.165, 1.54) is 12.1 Å². The first kappa shape index (κ1) is 15.1. The van der Waals surface area contributed by atoms with E-state index in [2.05, 4.69) is 0 Å². The molecule has 2 unspecified atom stereocenters. The van der Waals surface area contributed by atoms with Crippen LogP contribution in [0.2, 0.25) is 0 Å². The molecule has 1 amide bonds. The summed E-state index contributed by atoms with van der Waals surface area (Å²) in [5, 5.41) is 9.40. The maximum atomic E-state index is 14.0. The molecular weight excluding hydrogens is 300 g/mol. The smallest absolute Gasteiger partial charge is 0.229 e. The molecule has 3 atom stereocenters. The van der Waals surface area contributed by atoms with Crippen LogP contribution in [0.25, 0.3) is 0 Å². The minimum atomic E-state index is -1.06. The number of nitrogens with zero attached hydrogens (tertiary/aromatic N) is 1. The standard InChI is InChI=1S/C18H21F2NO2/c19-14-3-1-2-11(4-14)16-5-15(20)9-21(16)17(23)18-6-12(7-18)13(8-18)10-22/h1-4,12-13,15-16,22H,5-10H2/t12?,13-,15?,16?,18?/m0/s1. The van der Waals surface area contributed by atoms with E-state index in [0.717, 1.165) is 12.8 Å². The van der Waals surface area contributed by atoms with Crippen LogP contribution in [0, 0.1) is 23.1 Å². The van der Waals surface area contributed by atoms with Crippen LogP contribution in [0.4, 0.5) is 8.78 Å². The van der Waals surface area contributed by atoms with Gasteiger partial charge in [0.05, 0.1) is 18.0 Å². The van der Waals surface area contributed by atoms with Gasteiger partial charge in [-0.25, -0.2) is 8.78 Å². The van der Waals surface area contributed by atoms with Gasteiger partial charge in [-0.05, 0) is 48.8 Å². The molecule has 1 aromatic carbocycles. The first-order valence-corrected chi connectivity index (χ1v) is 8.34. The van der Waals surface area contributed by atoms with E-state index in [0.29, 0.717) is 17.9 Å². The number of aliphatic hydroxyl groups excluding tert-OH is 1. The summed E-state index contributed by atoms with van der Waals surface area (Å²) in [5.41, 5.74) is 0.260. The molecule has 2 bridgehead atoms. The van der Waals surface area contributed by atoms with Crippen LogP contribution < -0.4 is 0 Å². The molecule has 3 saturated carbocycles. The Hall–Kier alpha value is -1.49. The molecule has 0 spiro atoms. The lowest BCUT2D eigenvalue weighted by Crippen LogP contribution is -2.46. The lowest BCUT2D eigenvalue weighted by molar-refractivity contribution is -0.147. The van der Waals surface area contributed by atoms with Gasteiger partial charge in [0.25, 0.3) is 0 Å². The maximum Gasteiger partial charge on any atom is 0.229 e. The zero-order valence-electron chi connectivity index (χ0n) is 12.9. The predicted octanol–water partition coefficient (Wildman–Crippen LogP) is 2.85. The molecule has 0 aromatic heterocycles. The van der Waals surface area contributed by atoms with Crippen molar-refractivity contribution in [2.24, 2.45) is 17.3 Å². The number of hydrogen-bond acceptors (Lipinski definition) is 2. The number of halogens is 2. The zero-order chi connectivity index (χ0) is 16.2. The molecule has 4 aliphatic rings. The van der Waals surface area contributed by atoms with Crippen LogP contribution in [0.15, 0.2) is 24.3 Å². The first-order valence-electron chi connectivity index (χ1n) is 8.34. The van der Waals surface area contributed by atoms with Crippen LogP contribution in [-0.2, 0) is 4.79 Å². The molecular formula is C18H21F2NO2. The molecule has 1 N–H and O–H groups in total. The molecule has 124 valence electrons. The first-order chi connectivity index (χ1) is 11.0. The van der Waals surface area contributed by atoms with Crippen molar-refractivity contribution in [3.63, 3.8) is 0 Å². The van der Waals surface area contributed by atoms with Crippen LogP contribution in [0.1, 0.15) is 37.3 Å². The summed E-state index contributed by atoms with van der Waals surface area (Å²) in [5.74, 6) is 0.273. The second-order valence-corrected chi connectivity index (χ2v) is 7.46. The highest BCUT2D eigenvalue weighted by molar-refractivity contribution is 5.85. The molecule has 4 fully saturated rings. The van der Waals surface area contributed by atoms with Gasteiger partial charge >= 0.3 is 0 Å². The van der Waals surface area contributed by atoms with E-state index in [9.17, 15) is 18.7 Å². The molecule has 1 saturated heterocycles. The second kappa shape index (κ2) is 5.26. The van der Waals surface area contributed by atoms with E-state index in [1.54, 1.807) is 17.0 Å². The molecule has 3 aliphatic carbocycles. The van der Waals surface area contributed by atoms with Crippen molar-refractivity contribution in [2.75, 3.05) is 13.2 Å². The van der Waals surface area contributed by atoms with Gasteiger partial charge in [-0.1, -0.05) is 12.1 Å². The Morgan fingerprint density at radius 1 is 1.35 bits per heavy atom. The number of benzene rings is 1. The Balaban J connectivity index is 1.58. The molecule has 5 rings (SSSR count). The minimum Gasteiger partial charge on any atom is -0.396 e. The van der Waals surface area contributed by atoms with Crippen molar-refractivity contribution >= 4 is 5.91 Å². The van der Waals surface area contributed by atoms with Gasteiger partial charge in [0.2, 0.25) is 5.91 Å². The SMILES string of the molecule is O=C(N1CC(F)CC1c1cccc(F)c1)C12CC(C1)[C@H](CO)C2. The average Bonchev–Trinajstić information content (AvgIpc) is 3.16. The second-order valence-electron chi connectivity index (χ2n) is 7.46. The van der Waals surface area contributed by atoms with Gasteiger partial charge in [0, 0.05) is 13.0 Å². The van der Waals surface area contributed by atoms with Crippen molar-refractivity contribution < 1.29 is 18.7 Å². The van der Waals surface area contributed by atoms with Crippen molar-refractivity contribution in [1.82, 2.24) is 4.90 Å². The Morgan fingerprint density at radius 2 is 2.13 bits per heavy atom. The average molecular weight is 321 g/mol. The fourth-order valence-corrected chi connectivity index (χ4v) is 4.93. The van der Waals surface area contributed by atoms with E-state index < -0.39 is 11.6 Å². The summed E-state index contributed by atoms with van der Waals surface area (Å²) in [7, 11) is 0. The number of alkyl halides is 1. The molecule has 23 heavy (non-hydrogen) atoms. The summed E-state index contributed by atoms with van der Waals surface area (Å²) < 4.78 is 27.5. The third-order valence-corrected chi connectivity index (χ3v) is 6.06. The topological polar surface area (TPSA) is 40.5 Å². The van der Waals surface area contributed by atoms with E-state index >= 15 is 0 Å². The number of amides is 1. The van der Waals surface area contributed by atoms with E-state index in [-0.39, 0.29) is 43.3 Å². The van der Waals surface area contributed by atoms with Crippen molar-refractivity contribution in [2.45, 2.75) is 37.9 Å². The Kier molecular flexibility index (Phi) is 3.45. The van der Waals surface area contributed by atoms with Crippen LogP contribution in [-0.4, -0.2) is 35.2 Å². The van der Waals surface area contributed by atoms with Gasteiger partial charge in [-0.3, -0.25) is 4.79 Å². The normalized spacial score (nSPS) is 38.7. The van der Waals surface area contributed by atoms with Gasteiger partial charge in [-0.2, -0.15) is 0 Å². The fraction of sp³-hybridized carbons (Fsp3) is 0.611. The third-order valence-electron chi connectivity index (χ3n) is 6.06. The van der Waals surface area contributed by atoms with Crippen LogP contribution >= 0.6 is 0 Å². The van der Waals surface area contributed by atoms with E-state index in [4.69, 9.17) is 0 Å². The number of rotatable bonds is 3. The quantitative estimate of drug-likeness (QED) is 0.930. The lowest BCUT2D eigenvalue weighted by Gasteiger charge is -2.41. The largest absolute Gasteiger partial charge is 0.396 e. The number of hydrogen-bond donors (Lipinski definition) is 1. The molecule has 1 heterocycles. The number of carbonyl (C=O) groups excluding carboxylic acids is 1. The van der Waals surface area contributed by atoms with Crippen LogP contribution in [0.3, 0.4) is 0 Å². The van der Waals surface area contributed by atoms with Gasteiger partial charge in [0.1, 0.15) is 12.0 Å². The summed E-state index contributed by atoms with van der Waals surface area (Å²) in [6, 6.07) is 5.74. The van der Waals surface area contributed by atoms with Gasteiger partial charge in [0.15, 0.2) is 0 Å². The Morgan fingerprint density at radius 3 is 2.78 bits per heavy atom. The number of fused-ring (bicyclic) bond motifs is 1. The number of aliphatic hydroxyl groups is 1. The fourth-order valence-electron chi connectivity index (χ4n) is 4.93. The van der Waals surface area contributed by atoms with Crippen molar-refractivity contribution in [3.8, 4) is 0 Å². The highest BCUT2D eigenvalue weighted by Gasteiger charge is 2.61. The van der Waals surface area contributed by atoms with Gasteiger partial charge in [-0.15, -0.1) is 0 Å². The van der Waals surface area contributed by atoms with Crippen molar-refractivity contribution in [1.29, 1.82) is 0 Å². The maximum absolute atomic E-state index is 14.0. The Labute approximate surface area is 134 Å².